The number of aliphatic imine (C=N–C) groups is 2. The van der Waals surface area contributed by atoms with Crippen molar-refractivity contribution in [3.05, 3.63) is 77.9 Å². The number of aryl methyl sites for hydroxylation is 1. The molecule has 4 atom stereocenters. The maximum atomic E-state index is 13.6. The number of nitrogens with one attached hydrogen (secondary N) is 2. The first-order valence-electron chi connectivity index (χ1n) is 14.2. The fraction of sp³-hybridized carbons (Fsp3) is 0.300. The molecule has 7 rings (SSSR count). The third-order valence-corrected chi connectivity index (χ3v) is 8.96. The number of nitrogens with two attached hydrogens (primary N) is 2. The van der Waals surface area contributed by atoms with Gasteiger partial charge in [-0.1, -0.05) is 48.5 Å². The van der Waals surface area contributed by atoms with Gasteiger partial charge in [-0.15, -0.1) is 0 Å². The molecule has 3 aromatic carbocycles. The van der Waals surface area contributed by atoms with Crippen molar-refractivity contribution in [3.8, 4) is 0 Å². The second-order valence-electron chi connectivity index (χ2n) is 11.5. The lowest BCUT2D eigenvalue weighted by Crippen LogP contribution is -2.78. The van der Waals surface area contributed by atoms with Crippen LogP contribution in [0.1, 0.15) is 15.9 Å². The number of carbonyl (C=O) groups excluding carboxylic acids is 3. The number of urea groups is 1. The van der Waals surface area contributed by atoms with Gasteiger partial charge in [0.1, 0.15) is 18.6 Å². The van der Waals surface area contributed by atoms with Crippen LogP contribution in [0.15, 0.2) is 76.7 Å². The van der Waals surface area contributed by atoms with E-state index in [0.29, 0.717) is 11.3 Å². The average molecular weight is 598 g/mol. The molecule has 14 nitrogen and oxygen atoms in total. The summed E-state index contributed by atoms with van der Waals surface area (Å²) in [5.41, 5.74) is 12.5. The lowest BCUT2D eigenvalue weighted by atomic mass is 9.84. The Kier molecular flexibility index (Phi) is 6.06. The Morgan fingerprint density at radius 3 is 2.52 bits per heavy atom. The highest BCUT2D eigenvalue weighted by Gasteiger charge is 2.73. The van der Waals surface area contributed by atoms with Crippen LogP contribution in [-0.4, -0.2) is 99.0 Å². The van der Waals surface area contributed by atoms with Gasteiger partial charge in [0.25, 0.3) is 11.8 Å². The summed E-state index contributed by atoms with van der Waals surface area (Å²) < 4.78 is 0. The molecule has 4 aliphatic heterocycles. The van der Waals surface area contributed by atoms with E-state index in [4.69, 9.17) is 11.5 Å². The number of hydrogen-bond acceptors (Lipinski definition) is 11. The molecule has 0 bridgehead atoms. The van der Waals surface area contributed by atoms with Crippen molar-refractivity contribution in [2.45, 2.75) is 36.5 Å². The van der Waals surface area contributed by atoms with Crippen molar-refractivity contribution >= 4 is 46.2 Å². The van der Waals surface area contributed by atoms with Crippen molar-refractivity contribution in [2.75, 3.05) is 24.5 Å². The third kappa shape index (κ3) is 3.84. The van der Waals surface area contributed by atoms with Gasteiger partial charge in [-0.2, -0.15) is 0 Å². The molecule has 0 aromatic heterocycles. The van der Waals surface area contributed by atoms with E-state index in [1.165, 1.54) is 9.80 Å². The minimum Gasteiger partial charge on any atom is -0.370 e. The Balaban J connectivity index is 1.19. The summed E-state index contributed by atoms with van der Waals surface area (Å²) in [5, 5.41) is 30.9. The SMILES string of the molecule is Cc1cccc2cccc(C(=O)NC3CN4C(N)=N[C@@H](CN5C(=O)CN(c6ccccc6)C5=O)[C@@H]5N=C(N)N[C@@]54C3(O)O)c12. The number of rotatable bonds is 5. The van der Waals surface area contributed by atoms with Gasteiger partial charge in [-0.25, -0.2) is 14.8 Å². The predicted molar refractivity (Wildman–Crippen MR) is 161 cm³/mol. The molecule has 0 radical (unpaired) electrons. The molecule has 1 spiro atoms. The molecule has 1 unspecified atom stereocenters. The first kappa shape index (κ1) is 27.6. The quantitative estimate of drug-likeness (QED) is 0.164. The van der Waals surface area contributed by atoms with E-state index in [9.17, 15) is 24.6 Å². The summed E-state index contributed by atoms with van der Waals surface area (Å²) in [7, 11) is 0. The van der Waals surface area contributed by atoms with Gasteiger partial charge >= 0.3 is 6.03 Å². The number of anilines is 1. The van der Waals surface area contributed by atoms with Crippen molar-refractivity contribution in [2.24, 2.45) is 21.5 Å². The maximum Gasteiger partial charge on any atom is 0.331 e. The third-order valence-electron chi connectivity index (χ3n) is 8.96. The molecule has 2 fully saturated rings. The molecule has 226 valence electrons. The van der Waals surface area contributed by atoms with Crippen LogP contribution in [0.5, 0.6) is 0 Å². The number of guanidine groups is 2. The number of nitrogens with zero attached hydrogens (tertiary/aromatic N) is 5. The van der Waals surface area contributed by atoms with Gasteiger partial charge in [0.2, 0.25) is 5.79 Å². The Morgan fingerprint density at radius 2 is 1.77 bits per heavy atom. The summed E-state index contributed by atoms with van der Waals surface area (Å²) in [6, 6.07) is 15.9. The van der Waals surface area contributed by atoms with Crippen LogP contribution in [0.2, 0.25) is 0 Å². The minimum absolute atomic E-state index is 0.0899. The highest BCUT2D eigenvalue weighted by Crippen LogP contribution is 2.45. The van der Waals surface area contributed by atoms with Crippen LogP contribution in [0.4, 0.5) is 10.5 Å². The van der Waals surface area contributed by atoms with Crippen LogP contribution in [0.3, 0.4) is 0 Å². The van der Waals surface area contributed by atoms with Gasteiger partial charge in [-0.3, -0.25) is 19.4 Å². The normalized spacial score (nSPS) is 27.2. The topological polar surface area (TPSA) is 202 Å². The second kappa shape index (κ2) is 9.65. The van der Waals surface area contributed by atoms with Gasteiger partial charge in [0, 0.05) is 17.8 Å². The fourth-order valence-corrected chi connectivity index (χ4v) is 6.91. The second-order valence-corrected chi connectivity index (χ2v) is 11.5. The number of fused-ring (bicyclic) bond motifs is 1. The smallest absolute Gasteiger partial charge is 0.331 e. The molecule has 0 aliphatic carbocycles. The van der Waals surface area contributed by atoms with Crippen LogP contribution in [0, 0.1) is 6.92 Å². The Labute approximate surface area is 251 Å². The molecule has 4 heterocycles. The molecule has 4 aliphatic rings. The highest BCUT2D eigenvalue weighted by atomic mass is 16.5. The monoisotopic (exact) mass is 597 g/mol. The first-order chi connectivity index (χ1) is 21.0. The molecule has 4 amide bonds. The Bertz CT molecular complexity index is 1770. The maximum absolute atomic E-state index is 13.6. The van der Waals surface area contributed by atoms with Gasteiger partial charge < -0.3 is 37.2 Å². The summed E-state index contributed by atoms with van der Waals surface area (Å²) in [6.45, 7) is 1.37. The molecule has 2 saturated heterocycles. The van der Waals surface area contributed by atoms with Crippen LogP contribution < -0.4 is 27.0 Å². The number of imide groups is 1. The molecule has 44 heavy (non-hydrogen) atoms. The van der Waals surface area contributed by atoms with Crippen LogP contribution >= 0.6 is 0 Å². The molecule has 3 aromatic rings. The van der Waals surface area contributed by atoms with E-state index in [-0.39, 0.29) is 31.6 Å². The summed E-state index contributed by atoms with van der Waals surface area (Å²) in [5.74, 6) is -3.83. The van der Waals surface area contributed by atoms with Gasteiger partial charge in [0.05, 0.1) is 12.6 Å². The molecule has 14 heteroatoms. The summed E-state index contributed by atoms with van der Waals surface area (Å²) in [4.78, 5) is 52.8. The fourth-order valence-electron chi connectivity index (χ4n) is 6.91. The predicted octanol–water partition coefficient (Wildman–Crippen LogP) is -0.608. The summed E-state index contributed by atoms with van der Waals surface area (Å²) in [6.07, 6.45) is 0. The van der Waals surface area contributed by atoms with E-state index in [2.05, 4.69) is 20.6 Å². The van der Waals surface area contributed by atoms with Gasteiger partial charge in [0.15, 0.2) is 17.6 Å². The number of hydrogen-bond donors (Lipinski definition) is 6. The van der Waals surface area contributed by atoms with E-state index in [1.54, 1.807) is 42.5 Å². The molecular formula is C30H31N9O5. The van der Waals surface area contributed by atoms with E-state index in [1.807, 2.05) is 31.2 Å². The molecular weight excluding hydrogens is 566 g/mol. The molecule has 8 N–H and O–H groups in total. The lowest BCUT2D eigenvalue weighted by molar-refractivity contribution is -0.230. The van der Waals surface area contributed by atoms with E-state index >= 15 is 0 Å². The summed E-state index contributed by atoms with van der Waals surface area (Å²) >= 11 is 0. The molecule has 0 saturated carbocycles. The number of para-hydroxylation sites is 1. The largest absolute Gasteiger partial charge is 0.370 e. The number of amides is 4. The van der Waals surface area contributed by atoms with Crippen LogP contribution in [-0.2, 0) is 4.79 Å². The van der Waals surface area contributed by atoms with E-state index < -0.39 is 47.4 Å². The van der Waals surface area contributed by atoms with E-state index in [0.717, 1.165) is 21.2 Å². The van der Waals surface area contributed by atoms with Gasteiger partial charge in [-0.05, 0) is 41.5 Å². The standard InChI is InChI=1S/C30H31N9O5/c1-16-7-5-8-17-9-6-12-19(23(16)17)25(41)34-21-14-39-27(32)33-20(24-29(39,30(21,43)44)36-26(31)35-24)13-38-22(40)15-37(28(38)42)18-10-3-2-4-11-18/h2-12,20-21,24,43-44H,13-15H2,1H3,(H2,32,33)(H,34,41)(H3,31,35,36)/t20-,21?,24-,29-/m0/s1. The average Bonchev–Trinajstić information content (AvgIpc) is 3.58. The first-order valence-corrected chi connectivity index (χ1v) is 14.2. The zero-order chi connectivity index (χ0) is 31.0. The lowest BCUT2D eigenvalue weighted by Gasteiger charge is -2.49. The van der Waals surface area contributed by atoms with Crippen molar-refractivity contribution in [1.82, 2.24) is 20.4 Å². The van der Waals surface area contributed by atoms with Crippen molar-refractivity contribution in [1.29, 1.82) is 0 Å². The number of carbonyl (C=O) groups is 3. The zero-order valence-corrected chi connectivity index (χ0v) is 23.7. The van der Waals surface area contributed by atoms with Crippen LogP contribution in [0.25, 0.3) is 10.8 Å². The van der Waals surface area contributed by atoms with Crippen molar-refractivity contribution in [3.63, 3.8) is 0 Å². The van der Waals surface area contributed by atoms with Crippen molar-refractivity contribution < 1.29 is 24.6 Å². The highest BCUT2D eigenvalue weighted by molar-refractivity contribution is 6.12. The number of benzene rings is 3. The number of aliphatic hydroxyl groups is 2. The Morgan fingerprint density at radius 1 is 1.05 bits per heavy atom. The minimum atomic E-state index is -2.68. The Hall–Kier alpha value is -5.21. The zero-order valence-electron chi connectivity index (χ0n) is 23.7.